The first kappa shape index (κ1) is 27.0. The fourth-order valence-electron chi connectivity index (χ4n) is 4.59. The second-order valence-electron chi connectivity index (χ2n) is 9.53. The zero-order valence-corrected chi connectivity index (χ0v) is 21.6. The molecule has 13 heteroatoms. The average molecular weight is 563 g/mol. The van der Waals surface area contributed by atoms with Gasteiger partial charge in [-0.05, 0) is 48.0 Å². The molecule has 0 bridgehead atoms. The monoisotopic (exact) mass is 562 g/mol. The molecule has 1 atom stereocenters. The molecule has 1 aliphatic heterocycles. The molecule has 1 N–H and O–H groups in total. The molecule has 1 amide bonds. The molecule has 0 unspecified atom stereocenters. The van der Waals surface area contributed by atoms with Crippen LogP contribution < -0.4 is 10.9 Å². The van der Waals surface area contributed by atoms with Gasteiger partial charge in [0.15, 0.2) is 5.65 Å². The first-order chi connectivity index (χ1) is 18.6. The molecule has 0 spiro atoms. The molecule has 206 valence electrons. The molecule has 0 radical (unpaired) electrons. The Balaban J connectivity index is 1.24. The van der Waals surface area contributed by atoms with Crippen molar-refractivity contribution < 1.29 is 22.4 Å². The Morgan fingerprint density at radius 3 is 2.74 bits per heavy atom. The summed E-state index contributed by atoms with van der Waals surface area (Å²) in [5.74, 6) is -0.702. The summed E-state index contributed by atoms with van der Waals surface area (Å²) in [5.41, 5.74) is 3.31. The second kappa shape index (κ2) is 11.3. The van der Waals surface area contributed by atoms with Crippen LogP contribution in [0.1, 0.15) is 17.7 Å². The number of aryl methyl sites for hydroxylation is 1. The number of carbonyl (C=O) groups excluding carboxylic acids is 1. The summed E-state index contributed by atoms with van der Waals surface area (Å²) in [6.07, 6.45) is 2.77. The van der Waals surface area contributed by atoms with Gasteiger partial charge in [0.1, 0.15) is 12.7 Å². The van der Waals surface area contributed by atoms with Gasteiger partial charge in [0, 0.05) is 60.3 Å². The lowest BCUT2D eigenvalue weighted by Gasteiger charge is -2.14. The van der Waals surface area contributed by atoms with Crippen LogP contribution in [-0.2, 0) is 17.8 Å². The summed E-state index contributed by atoms with van der Waals surface area (Å²) in [6.45, 7) is 1.18. The lowest BCUT2D eigenvalue weighted by molar-refractivity contribution is -0.138. The van der Waals surface area contributed by atoms with E-state index in [2.05, 4.69) is 15.0 Å². The van der Waals surface area contributed by atoms with E-state index < -0.39 is 24.8 Å². The molecule has 1 saturated heterocycles. The number of halogens is 4. The Morgan fingerprint density at radius 2 is 2.00 bits per heavy atom. The molecular weight excluding hydrogens is 536 g/mol. The van der Waals surface area contributed by atoms with E-state index in [-0.39, 0.29) is 12.0 Å². The van der Waals surface area contributed by atoms with Gasteiger partial charge in [0.2, 0.25) is 5.91 Å². The van der Waals surface area contributed by atoms with Crippen molar-refractivity contribution in [3.05, 3.63) is 63.6 Å². The van der Waals surface area contributed by atoms with Gasteiger partial charge in [0.25, 0.3) is 5.56 Å². The second-order valence-corrected chi connectivity index (χ2v) is 10.5. The average Bonchev–Trinajstić information content (AvgIpc) is 3.63. The van der Waals surface area contributed by atoms with E-state index in [1.807, 2.05) is 11.4 Å². The maximum Gasteiger partial charge on any atom is 0.405 e. The summed E-state index contributed by atoms with van der Waals surface area (Å²) < 4.78 is 53.5. The number of aromatic nitrogens is 4. The van der Waals surface area contributed by atoms with Crippen molar-refractivity contribution in [2.75, 3.05) is 26.2 Å². The number of hydrogen-bond acceptors (Lipinski definition) is 6. The van der Waals surface area contributed by atoms with Crippen molar-refractivity contribution in [1.82, 2.24) is 29.4 Å². The SMILES string of the molecule is O=C(Cc1cc(-c2cnn3cc(-c4ccn(CCCN5CC[C@H](F)C5)c(=O)c4)cnc23)cs1)NCC(F)(F)F. The van der Waals surface area contributed by atoms with Gasteiger partial charge < -0.3 is 14.8 Å². The zero-order chi connectivity index (χ0) is 27.6. The molecule has 5 rings (SSSR count). The van der Waals surface area contributed by atoms with Crippen LogP contribution in [0.15, 0.2) is 53.2 Å². The fraction of sp³-hybridized carbons (Fsp3) is 0.385. The number of nitrogens with zero attached hydrogens (tertiary/aromatic N) is 5. The molecule has 0 aliphatic carbocycles. The summed E-state index contributed by atoms with van der Waals surface area (Å²) in [5, 5.41) is 8.05. The predicted octanol–water partition coefficient (Wildman–Crippen LogP) is 3.94. The molecule has 0 saturated carbocycles. The standard InChI is InChI=1S/C26H26F4N6O2S/c27-20-3-6-34(14-20)4-1-5-35-7-2-17(9-24(35)38)19-11-31-25-22(12-33-36(25)13-19)18-8-21(39-15-18)10-23(37)32-16-26(28,29)30/h2,7-9,11-13,15,20H,1,3-6,10,14,16H2,(H,32,37)/t20-/m0/s1. The van der Waals surface area contributed by atoms with E-state index in [4.69, 9.17) is 0 Å². The van der Waals surface area contributed by atoms with Crippen molar-refractivity contribution in [2.24, 2.45) is 0 Å². The summed E-state index contributed by atoms with van der Waals surface area (Å²) in [4.78, 5) is 31.7. The minimum atomic E-state index is -4.45. The van der Waals surface area contributed by atoms with Crippen molar-refractivity contribution in [3.8, 4) is 22.3 Å². The van der Waals surface area contributed by atoms with Crippen LogP contribution in [-0.4, -0.2) is 68.5 Å². The number of alkyl halides is 4. The van der Waals surface area contributed by atoms with Crippen LogP contribution in [0.4, 0.5) is 17.6 Å². The number of amides is 1. The molecule has 1 fully saturated rings. The predicted molar refractivity (Wildman–Crippen MR) is 139 cm³/mol. The van der Waals surface area contributed by atoms with Gasteiger partial charge in [-0.2, -0.15) is 18.3 Å². The minimum Gasteiger partial charge on any atom is -0.347 e. The Kier molecular flexibility index (Phi) is 7.80. The van der Waals surface area contributed by atoms with Crippen molar-refractivity contribution in [1.29, 1.82) is 0 Å². The smallest absolute Gasteiger partial charge is 0.347 e. The molecular formula is C26H26F4N6O2S. The number of likely N-dealkylation sites (tertiary alicyclic amines) is 1. The molecule has 1 aliphatic rings. The van der Waals surface area contributed by atoms with Crippen LogP contribution in [0.25, 0.3) is 27.9 Å². The van der Waals surface area contributed by atoms with Gasteiger partial charge in [-0.3, -0.25) is 9.59 Å². The Morgan fingerprint density at radius 1 is 1.15 bits per heavy atom. The van der Waals surface area contributed by atoms with E-state index in [0.29, 0.717) is 46.7 Å². The third-order valence-electron chi connectivity index (χ3n) is 6.56. The van der Waals surface area contributed by atoms with Crippen LogP contribution in [0.5, 0.6) is 0 Å². The summed E-state index contributed by atoms with van der Waals surface area (Å²) in [6, 6.07) is 5.14. The maximum absolute atomic E-state index is 13.3. The topological polar surface area (TPSA) is 84.5 Å². The van der Waals surface area contributed by atoms with Crippen LogP contribution in [0.2, 0.25) is 0 Å². The van der Waals surface area contributed by atoms with Crippen molar-refractivity contribution in [2.45, 2.75) is 38.2 Å². The van der Waals surface area contributed by atoms with Crippen LogP contribution >= 0.6 is 11.3 Å². The number of thiophene rings is 1. The van der Waals surface area contributed by atoms with Gasteiger partial charge in [-0.25, -0.2) is 13.9 Å². The highest BCUT2D eigenvalue weighted by atomic mass is 32.1. The number of fused-ring (bicyclic) bond motifs is 1. The highest BCUT2D eigenvalue weighted by Gasteiger charge is 2.27. The minimum absolute atomic E-state index is 0.136. The van der Waals surface area contributed by atoms with E-state index >= 15 is 0 Å². The largest absolute Gasteiger partial charge is 0.405 e. The summed E-state index contributed by atoms with van der Waals surface area (Å²) >= 11 is 1.27. The number of pyridine rings is 1. The highest BCUT2D eigenvalue weighted by Crippen LogP contribution is 2.29. The first-order valence-electron chi connectivity index (χ1n) is 12.5. The molecule has 39 heavy (non-hydrogen) atoms. The summed E-state index contributed by atoms with van der Waals surface area (Å²) in [7, 11) is 0. The van der Waals surface area contributed by atoms with Gasteiger partial charge in [-0.1, -0.05) is 0 Å². The van der Waals surface area contributed by atoms with E-state index in [1.54, 1.807) is 51.4 Å². The molecule has 8 nitrogen and oxygen atoms in total. The Bertz CT molecular complexity index is 1530. The maximum atomic E-state index is 13.3. The van der Waals surface area contributed by atoms with Gasteiger partial charge >= 0.3 is 6.18 Å². The van der Waals surface area contributed by atoms with E-state index in [9.17, 15) is 27.2 Å². The van der Waals surface area contributed by atoms with E-state index in [0.717, 1.165) is 25.1 Å². The number of nitrogens with one attached hydrogen (secondary N) is 1. The number of rotatable bonds is 9. The van der Waals surface area contributed by atoms with E-state index in [1.165, 1.54) is 11.3 Å². The lowest BCUT2D eigenvalue weighted by Crippen LogP contribution is -2.34. The quantitative estimate of drug-likeness (QED) is 0.313. The van der Waals surface area contributed by atoms with Crippen LogP contribution in [0, 0.1) is 0 Å². The van der Waals surface area contributed by atoms with Gasteiger partial charge in [-0.15, -0.1) is 11.3 Å². The van der Waals surface area contributed by atoms with Crippen molar-refractivity contribution in [3.63, 3.8) is 0 Å². The van der Waals surface area contributed by atoms with Crippen LogP contribution in [0.3, 0.4) is 0 Å². The first-order valence-corrected chi connectivity index (χ1v) is 13.3. The third-order valence-corrected chi connectivity index (χ3v) is 7.50. The Labute approximate surface area is 224 Å². The lowest BCUT2D eigenvalue weighted by atomic mass is 10.1. The number of hydrogen-bond donors (Lipinski definition) is 1. The molecule has 0 aromatic carbocycles. The molecule has 4 aromatic heterocycles. The highest BCUT2D eigenvalue weighted by molar-refractivity contribution is 7.10. The molecule has 4 aromatic rings. The third kappa shape index (κ3) is 6.71. The fourth-order valence-corrected chi connectivity index (χ4v) is 5.47. The molecule has 5 heterocycles. The zero-order valence-electron chi connectivity index (χ0n) is 20.8. The van der Waals surface area contributed by atoms with Gasteiger partial charge in [0.05, 0.1) is 12.6 Å². The Hall–Kier alpha value is -3.58. The number of carbonyl (C=O) groups is 1. The normalized spacial score (nSPS) is 16.3. The van der Waals surface area contributed by atoms with Crippen molar-refractivity contribution >= 4 is 22.9 Å².